The van der Waals surface area contributed by atoms with Crippen molar-refractivity contribution in [1.82, 2.24) is 10.2 Å². The summed E-state index contributed by atoms with van der Waals surface area (Å²) in [5.74, 6) is 5.90. The largest absolute Gasteiger partial charge is 0.327 e. The lowest BCUT2D eigenvalue weighted by molar-refractivity contribution is 0.208. The molecule has 0 heterocycles. The smallest absolute Gasteiger partial charge is 0.318 e. The molecule has 0 aliphatic carbocycles. The summed E-state index contributed by atoms with van der Waals surface area (Å²) in [5.41, 5.74) is 1.76. The first kappa shape index (κ1) is 17.2. The van der Waals surface area contributed by atoms with Gasteiger partial charge in [-0.3, -0.25) is 0 Å². The molecule has 1 N–H and O–H groups in total. The number of hydrogen-bond acceptors (Lipinski definition) is 1. The van der Waals surface area contributed by atoms with Crippen LogP contribution < -0.4 is 5.32 Å². The van der Waals surface area contributed by atoms with E-state index in [1.54, 1.807) is 24.1 Å². The maximum Gasteiger partial charge on any atom is 0.318 e. The number of amides is 2. The number of nitrogens with zero attached hydrogens (tertiary/aromatic N) is 1. The summed E-state index contributed by atoms with van der Waals surface area (Å²) in [7, 11) is 1.70. The van der Waals surface area contributed by atoms with E-state index in [2.05, 4.69) is 17.2 Å². The molecule has 0 aliphatic rings. The first-order valence-corrected chi connectivity index (χ1v) is 7.78. The minimum atomic E-state index is -0.210. The third-order valence-corrected chi connectivity index (χ3v) is 3.69. The maximum absolute atomic E-state index is 12.0. The summed E-state index contributed by atoms with van der Waals surface area (Å²) in [5, 5.41) is 3.86. The van der Waals surface area contributed by atoms with Crippen LogP contribution in [0, 0.1) is 11.8 Å². The van der Waals surface area contributed by atoms with Crippen molar-refractivity contribution in [1.29, 1.82) is 0 Å². The van der Waals surface area contributed by atoms with Gasteiger partial charge in [-0.05, 0) is 29.8 Å². The van der Waals surface area contributed by atoms with Gasteiger partial charge in [-0.15, -0.1) is 0 Å². The molecule has 0 aliphatic heterocycles. The second kappa shape index (κ2) is 8.47. The number of urea groups is 1. The minimum Gasteiger partial charge on any atom is -0.327 e. The Morgan fingerprint density at radius 2 is 1.91 bits per heavy atom. The number of carbonyl (C=O) groups is 1. The van der Waals surface area contributed by atoms with E-state index in [4.69, 9.17) is 23.2 Å². The Labute approximate surface area is 146 Å². The summed E-state index contributed by atoms with van der Waals surface area (Å²) < 4.78 is 0. The number of benzene rings is 2. The second-order valence-corrected chi connectivity index (χ2v) is 5.76. The number of hydrogen-bond donors (Lipinski definition) is 1. The van der Waals surface area contributed by atoms with Gasteiger partial charge in [-0.2, -0.15) is 0 Å². The fourth-order valence-electron chi connectivity index (χ4n) is 1.90. The number of carbonyl (C=O) groups excluding carboxylic acids is 1. The van der Waals surface area contributed by atoms with Gasteiger partial charge in [0.05, 0.1) is 6.54 Å². The highest BCUT2D eigenvalue weighted by Crippen LogP contribution is 2.21. The van der Waals surface area contributed by atoms with Crippen LogP contribution in [0.2, 0.25) is 10.0 Å². The van der Waals surface area contributed by atoms with Gasteiger partial charge in [-0.1, -0.05) is 59.3 Å². The molecule has 2 amide bonds. The predicted octanol–water partition coefficient (Wildman–Crippen LogP) is 4.19. The lowest BCUT2D eigenvalue weighted by Gasteiger charge is -2.18. The van der Waals surface area contributed by atoms with Gasteiger partial charge in [-0.25, -0.2) is 4.79 Å². The molecule has 23 heavy (non-hydrogen) atoms. The highest BCUT2D eigenvalue weighted by Gasteiger charge is 2.10. The quantitative estimate of drug-likeness (QED) is 0.830. The van der Waals surface area contributed by atoms with Crippen LogP contribution in [0.4, 0.5) is 4.79 Å². The van der Waals surface area contributed by atoms with Gasteiger partial charge in [0.1, 0.15) is 0 Å². The fraction of sp³-hybridized carbons (Fsp3) is 0.167. The molecule has 0 spiro atoms. The molecule has 0 bridgehead atoms. The zero-order chi connectivity index (χ0) is 16.7. The standard InChI is InChI=1S/C18H16Cl2N2O/c1-22(13-15-9-10-16(19)12-17(15)20)18(23)21-11-5-8-14-6-3-2-4-7-14/h2-4,6-7,9-10,12H,11,13H2,1H3,(H,21,23). The topological polar surface area (TPSA) is 32.3 Å². The van der Waals surface area contributed by atoms with E-state index in [0.29, 0.717) is 16.6 Å². The van der Waals surface area contributed by atoms with Crippen LogP contribution >= 0.6 is 23.2 Å². The molecule has 0 saturated carbocycles. The lowest BCUT2D eigenvalue weighted by Crippen LogP contribution is -2.37. The van der Waals surface area contributed by atoms with Gasteiger partial charge >= 0.3 is 6.03 Å². The van der Waals surface area contributed by atoms with E-state index >= 15 is 0 Å². The molecule has 0 radical (unpaired) electrons. The first-order chi connectivity index (χ1) is 11.1. The fourth-order valence-corrected chi connectivity index (χ4v) is 2.37. The third-order valence-electron chi connectivity index (χ3n) is 3.10. The average Bonchev–Trinajstić information content (AvgIpc) is 2.55. The van der Waals surface area contributed by atoms with Crippen LogP contribution in [0.5, 0.6) is 0 Å². The van der Waals surface area contributed by atoms with E-state index in [1.807, 2.05) is 36.4 Å². The van der Waals surface area contributed by atoms with Crippen LogP contribution in [-0.4, -0.2) is 24.5 Å². The summed E-state index contributed by atoms with van der Waals surface area (Å²) in [4.78, 5) is 13.6. The van der Waals surface area contributed by atoms with Crippen LogP contribution in [0.3, 0.4) is 0 Å². The first-order valence-electron chi connectivity index (χ1n) is 7.03. The normalized spacial score (nSPS) is 9.70. The van der Waals surface area contributed by atoms with Gasteiger partial charge in [0, 0.05) is 29.2 Å². The summed E-state index contributed by atoms with van der Waals surface area (Å²) >= 11 is 12.0. The predicted molar refractivity (Wildman–Crippen MR) is 94.6 cm³/mol. The van der Waals surface area contributed by atoms with Gasteiger partial charge < -0.3 is 10.2 Å². The third kappa shape index (κ3) is 5.52. The van der Waals surface area contributed by atoms with Gasteiger partial charge in [0.25, 0.3) is 0 Å². The van der Waals surface area contributed by atoms with E-state index in [0.717, 1.165) is 11.1 Å². The zero-order valence-corrected chi connectivity index (χ0v) is 14.2. The van der Waals surface area contributed by atoms with Crippen molar-refractivity contribution in [3.05, 3.63) is 69.7 Å². The second-order valence-electron chi connectivity index (χ2n) is 4.92. The molecular formula is C18H16Cl2N2O. The summed E-state index contributed by atoms with van der Waals surface area (Å²) in [6.07, 6.45) is 0. The van der Waals surface area contributed by atoms with E-state index in [-0.39, 0.29) is 12.6 Å². The van der Waals surface area contributed by atoms with Crippen LogP contribution in [-0.2, 0) is 6.54 Å². The van der Waals surface area contributed by atoms with Crippen molar-refractivity contribution in [3.63, 3.8) is 0 Å². The molecule has 0 atom stereocenters. The highest BCUT2D eigenvalue weighted by atomic mass is 35.5. The Kier molecular flexibility index (Phi) is 6.34. The number of halogens is 2. The Morgan fingerprint density at radius 3 is 2.61 bits per heavy atom. The molecule has 2 rings (SSSR count). The molecule has 2 aromatic carbocycles. The van der Waals surface area contributed by atoms with Gasteiger partial charge in [0.15, 0.2) is 0 Å². The SMILES string of the molecule is CN(Cc1ccc(Cl)cc1Cl)C(=O)NCC#Cc1ccccc1. The Bertz CT molecular complexity index is 736. The Hall–Kier alpha value is -2.15. The maximum atomic E-state index is 12.0. The van der Waals surface area contributed by atoms with Crippen molar-refractivity contribution >= 4 is 29.2 Å². The average molecular weight is 347 g/mol. The van der Waals surface area contributed by atoms with Crippen molar-refractivity contribution in [3.8, 4) is 11.8 Å². The molecule has 2 aromatic rings. The molecule has 0 unspecified atom stereocenters. The minimum absolute atomic E-state index is 0.210. The monoisotopic (exact) mass is 346 g/mol. The van der Waals surface area contributed by atoms with Crippen LogP contribution in [0.15, 0.2) is 48.5 Å². The number of nitrogens with one attached hydrogen (secondary N) is 1. The highest BCUT2D eigenvalue weighted by molar-refractivity contribution is 6.35. The van der Waals surface area contributed by atoms with Crippen molar-refractivity contribution in [2.45, 2.75) is 6.54 Å². The van der Waals surface area contributed by atoms with Crippen LogP contribution in [0.25, 0.3) is 0 Å². The molecular weight excluding hydrogens is 331 g/mol. The van der Waals surface area contributed by atoms with E-state index in [9.17, 15) is 4.79 Å². The summed E-state index contributed by atoms with van der Waals surface area (Å²) in [6.45, 7) is 0.681. The molecule has 0 fully saturated rings. The lowest BCUT2D eigenvalue weighted by atomic mass is 10.2. The van der Waals surface area contributed by atoms with Crippen LogP contribution in [0.1, 0.15) is 11.1 Å². The molecule has 5 heteroatoms. The molecule has 0 saturated heterocycles. The molecule has 118 valence electrons. The number of rotatable bonds is 3. The Balaban J connectivity index is 1.84. The van der Waals surface area contributed by atoms with E-state index < -0.39 is 0 Å². The van der Waals surface area contributed by atoms with Crippen molar-refractivity contribution < 1.29 is 4.79 Å². The molecule has 0 aromatic heterocycles. The van der Waals surface area contributed by atoms with Crippen molar-refractivity contribution in [2.75, 3.05) is 13.6 Å². The van der Waals surface area contributed by atoms with E-state index in [1.165, 1.54) is 0 Å². The Morgan fingerprint density at radius 1 is 1.17 bits per heavy atom. The molecule has 3 nitrogen and oxygen atoms in total. The van der Waals surface area contributed by atoms with Crippen molar-refractivity contribution in [2.24, 2.45) is 0 Å². The summed E-state index contributed by atoms with van der Waals surface area (Å²) in [6, 6.07) is 14.6. The zero-order valence-electron chi connectivity index (χ0n) is 12.6. The van der Waals surface area contributed by atoms with Gasteiger partial charge in [0.2, 0.25) is 0 Å².